The molecule has 3 aliphatic rings. The number of rotatable bonds is 5. The molecule has 3 heterocycles. The highest BCUT2D eigenvalue weighted by molar-refractivity contribution is 8.15. The number of aliphatic imine (C=N–C) groups is 2. The van der Waals surface area contributed by atoms with E-state index in [0.29, 0.717) is 30.4 Å². The Hall–Kier alpha value is -3.71. The van der Waals surface area contributed by atoms with Crippen molar-refractivity contribution in [1.29, 1.82) is 0 Å². The van der Waals surface area contributed by atoms with Gasteiger partial charge in [0.2, 0.25) is 5.91 Å². The second-order valence-electron chi connectivity index (χ2n) is 9.13. The molecule has 0 aliphatic carbocycles. The summed E-state index contributed by atoms with van der Waals surface area (Å²) < 4.78 is 0. The van der Waals surface area contributed by atoms with Crippen LogP contribution in [-0.2, 0) is 22.4 Å². The van der Waals surface area contributed by atoms with Crippen LogP contribution in [0.2, 0.25) is 0 Å². The first kappa shape index (κ1) is 22.7. The number of benzene rings is 3. The molecule has 2 amide bonds. The number of hydrogen-bond acceptors (Lipinski definition) is 5. The summed E-state index contributed by atoms with van der Waals surface area (Å²) in [6, 6.07) is 25.3. The lowest BCUT2D eigenvalue weighted by Gasteiger charge is -2.29. The highest BCUT2D eigenvalue weighted by atomic mass is 32.2. The van der Waals surface area contributed by atoms with Gasteiger partial charge in [-0.2, -0.15) is 0 Å². The molecule has 0 unspecified atom stereocenters. The van der Waals surface area contributed by atoms with E-state index < -0.39 is 6.04 Å². The Balaban J connectivity index is 1.31. The summed E-state index contributed by atoms with van der Waals surface area (Å²) in [6.45, 7) is 2.69. The topological polar surface area (TPSA) is 65.3 Å². The maximum atomic E-state index is 13.7. The molecule has 0 aromatic heterocycles. The maximum Gasteiger partial charge on any atom is 0.259 e. The number of anilines is 1. The normalized spacial score (nSPS) is 18.8. The Kier molecular flexibility index (Phi) is 5.93. The summed E-state index contributed by atoms with van der Waals surface area (Å²) in [6.07, 6.45) is 2.02. The highest BCUT2D eigenvalue weighted by Crippen LogP contribution is 2.37. The number of fused-ring (bicyclic) bond motifs is 4. The zero-order chi connectivity index (χ0) is 24.6. The first-order valence-electron chi connectivity index (χ1n) is 12.3. The average Bonchev–Trinajstić information content (AvgIpc) is 3.49. The smallest absolute Gasteiger partial charge is 0.259 e. The SMILES string of the molecule is CC[C@@H](SC1=Nc2ccccc2C2=N[C@H](Cc3ccccc3)C(=O)N12)C(=O)N1CCc2ccccc21. The fourth-order valence-corrected chi connectivity index (χ4v) is 6.11. The first-order chi connectivity index (χ1) is 17.6. The molecule has 3 aromatic rings. The Morgan fingerprint density at radius 3 is 2.61 bits per heavy atom. The number of amidine groups is 2. The van der Waals surface area contributed by atoms with Crippen molar-refractivity contribution in [2.75, 3.05) is 11.4 Å². The summed E-state index contributed by atoms with van der Waals surface area (Å²) in [4.78, 5) is 40.5. The maximum absolute atomic E-state index is 13.7. The molecular formula is C29H26N4O2S. The van der Waals surface area contributed by atoms with Gasteiger partial charge in [0.25, 0.3) is 5.91 Å². The molecule has 0 spiro atoms. The number of carbonyl (C=O) groups is 2. The second-order valence-corrected chi connectivity index (χ2v) is 10.3. The third-order valence-corrected chi connectivity index (χ3v) is 8.17. The van der Waals surface area contributed by atoms with E-state index in [1.165, 1.54) is 17.3 Å². The van der Waals surface area contributed by atoms with Crippen molar-refractivity contribution in [3.63, 3.8) is 0 Å². The van der Waals surface area contributed by atoms with Crippen LogP contribution in [0, 0.1) is 0 Å². The molecule has 0 fully saturated rings. The van der Waals surface area contributed by atoms with E-state index in [4.69, 9.17) is 9.98 Å². The second kappa shape index (κ2) is 9.39. The molecule has 6 rings (SSSR count). The quantitative estimate of drug-likeness (QED) is 0.502. The largest absolute Gasteiger partial charge is 0.311 e. The number of hydrogen-bond donors (Lipinski definition) is 0. The lowest BCUT2D eigenvalue weighted by atomic mass is 10.1. The van der Waals surface area contributed by atoms with Crippen LogP contribution in [0.5, 0.6) is 0 Å². The van der Waals surface area contributed by atoms with Crippen LogP contribution in [0.15, 0.2) is 88.8 Å². The molecule has 0 bridgehead atoms. The number of para-hydroxylation sites is 2. The van der Waals surface area contributed by atoms with Gasteiger partial charge in [-0.25, -0.2) is 9.89 Å². The van der Waals surface area contributed by atoms with E-state index in [9.17, 15) is 9.59 Å². The van der Waals surface area contributed by atoms with Gasteiger partial charge in [-0.05, 0) is 42.2 Å². The summed E-state index contributed by atoms with van der Waals surface area (Å²) in [5.41, 5.74) is 4.87. The zero-order valence-corrected chi connectivity index (χ0v) is 20.8. The Bertz CT molecular complexity index is 1400. The molecule has 3 aromatic carbocycles. The minimum atomic E-state index is -0.513. The standard InChI is InChI=1S/C29H26N4O2S/c1-2-25(28(35)32-17-16-20-12-6-9-15-24(20)32)36-29-31-22-14-8-7-13-21(22)26-30-23(27(34)33(26)29)18-19-10-4-3-5-11-19/h3-15,23,25H,2,16-18H2,1H3/t23-,25-/m1/s1. The predicted molar refractivity (Wildman–Crippen MR) is 145 cm³/mol. The number of carbonyl (C=O) groups excluding carboxylic acids is 2. The molecule has 180 valence electrons. The average molecular weight is 495 g/mol. The summed E-state index contributed by atoms with van der Waals surface area (Å²) in [5, 5.41) is 0.170. The van der Waals surface area contributed by atoms with E-state index >= 15 is 0 Å². The fraction of sp³-hybridized carbons (Fsp3) is 0.241. The van der Waals surface area contributed by atoms with Crippen molar-refractivity contribution in [2.24, 2.45) is 9.98 Å². The van der Waals surface area contributed by atoms with Gasteiger partial charge in [0.15, 0.2) is 5.17 Å². The van der Waals surface area contributed by atoms with Gasteiger partial charge in [-0.1, -0.05) is 79.3 Å². The number of amides is 2. The van der Waals surface area contributed by atoms with E-state index in [-0.39, 0.29) is 17.1 Å². The number of thioether (sulfide) groups is 1. The van der Waals surface area contributed by atoms with E-state index in [0.717, 1.165) is 28.9 Å². The van der Waals surface area contributed by atoms with Crippen LogP contribution in [0.1, 0.15) is 30.0 Å². The van der Waals surface area contributed by atoms with Crippen LogP contribution in [0.4, 0.5) is 11.4 Å². The summed E-state index contributed by atoms with van der Waals surface area (Å²) in [5.74, 6) is 0.589. The molecule has 0 saturated heterocycles. The third-order valence-electron chi connectivity index (χ3n) is 6.87. The Morgan fingerprint density at radius 1 is 1.03 bits per heavy atom. The Morgan fingerprint density at radius 2 is 1.78 bits per heavy atom. The summed E-state index contributed by atoms with van der Waals surface area (Å²) >= 11 is 1.37. The van der Waals surface area contributed by atoms with Gasteiger partial charge in [-0.3, -0.25) is 14.6 Å². The van der Waals surface area contributed by atoms with Crippen LogP contribution >= 0.6 is 11.8 Å². The molecular weight excluding hydrogens is 468 g/mol. The van der Waals surface area contributed by atoms with Gasteiger partial charge in [-0.15, -0.1) is 0 Å². The third kappa shape index (κ3) is 3.93. The summed E-state index contributed by atoms with van der Waals surface area (Å²) in [7, 11) is 0. The van der Waals surface area contributed by atoms with E-state index in [1.54, 1.807) is 4.90 Å². The van der Waals surface area contributed by atoms with Crippen molar-refractivity contribution in [3.8, 4) is 0 Å². The van der Waals surface area contributed by atoms with Crippen LogP contribution < -0.4 is 4.90 Å². The first-order valence-corrected chi connectivity index (χ1v) is 13.2. The van der Waals surface area contributed by atoms with E-state index in [2.05, 4.69) is 6.07 Å². The van der Waals surface area contributed by atoms with Gasteiger partial charge < -0.3 is 4.90 Å². The fourth-order valence-electron chi connectivity index (χ4n) is 5.03. The lowest BCUT2D eigenvalue weighted by molar-refractivity contribution is -0.124. The molecule has 6 nitrogen and oxygen atoms in total. The zero-order valence-electron chi connectivity index (χ0n) is 20.0. The molecule has 0 radical (unpaired) electrons. The molecule has 2 atom stereocenters. The predicted octanol–water partition coefficient (Wildman–Crippen LogP) is 4.99. The molecule has 0 saturated carbocycles. The van der Waals surface area contributed by atoms with E-state index in [1.807, 2.05) is 84.6 Å². The van der Waals surface area contributed by atoms with Gasteiger partial charge in [0, 0.05) is 24.2 Å². The highest BCUT2D eigenvalue weighted by Gasteiger charge is 2.43. The van der Waals surface area contributed by atoms with Gasteiger partial charge in [0.05, 0.1) is 10.9 Å². The van der Waals surface area contributed by atoms with Crippen LogP contribution in [0.25, 0.3) is 0 Å². The molecule has 0 N–H and O–H groups in total. The van der Waals surface area contributed by atoms with Crippen molar-refractivity contribution >= 4 is 46.0 Å². The number of nitrogens with zero attached hydrogens (tertiary/aromatic N) is 4. The molecule has 3 aliphatic heterocycles. The van der Waals surface area contributed by atoms with Crippen LogP contribution in [-0.4, -0.2) is 45.6 Å². The van der Waals surface area contributed by atoms with Crippen molar-refractivity contribution in [3.05, 3.63) is 95.6 Å². The monoisotopic (exact) mass is 494 g/mol. The van der Waals surface area contributed by atoms with Crippen molar-refractivity contribution in [2.45, 2.75) is 37.5 Å². The lowest BCUT2D eigenvalue weighted by Crippen LogP contribution is -2.44. The minimum Gasteiger partial charge on any atom is -0.311 e. The van der Waals surface area contributed by atoms with Gasteiger partial charge in [0.1, 0.15) is 11.9 Å². The molecule has 36 heavy (non-hydrogen) atoms. The minimum absolute atomic E-state index is 0.0555. The van der Waals surface area contributed by atoms with Crippen LogP contribution in [0.3, 0.4) is 0 Å². The molecule has 7 heteroatoms. The van der Waals surface area contributed by atoms with Crippen molar-refractivity contribution < 1.29 is 9.59 Å². The Labute approximate surface area is 214 Å². The van der Waals surface area contributed by atoms with Crippen molar-refractivity contribution in [1.82, 2.24) is 4.90 Å². The van der Waals surface area contributed by atoms with Gasteiger partial charge >= 0.3 is 0 Å².